The second-order valence-corrected chi connectivity index (χ2v) is 2.07. The van der Waals surface area contributed by atoms with Crippen molar-refractivity contribution in [3.8, 4) is 0 Å². The Morgan fingerprint density at radius 2 is 1.90 bits per heavy atom. The van der Waals surface area contributed by atoms with Gasteiger partial charge in [0.2, 0.25) is 5.91 Å². The predicted molar refractivity (Wildman–Crippen MR) is 43.7 cm³/mol. The van der Waals surface area contributed by atoms with Crippen LogP contribution in [0.2, 0.25) is 0 Å². The van der Waals surface area contributed by atoms with E-state index in [0.29, 0.717) is 6.42 Å². The van der Waals surface area contributed by atoms with Gasteiger partial charge in [-0.15, -0.1) is 0 Å². The number of carbonyl (C=O) groups excluding carboxylic acids is 1. The van der Waals surface area contributed by atoms with Gasteiger partial charge in [0.15, 0.2) is 0 Å². The SMILES string of the molecule is CCCCC(N)=O.CNC. The average Bonchev–Trinajstić information content (AvgIpc) is 1.85. The van der Waals surface area contributed by atoms with E-state index in [4.69, 9.17) is 5.73 Å². The molecule has 0 heterocycles. The van der Waals surface area contributed by atoms with Gasteiger partial charge in [-0.2, -0.15) is 0 Å². The molecule has 0 rings (SSSR count). The van der Waals surface area contributed by atoms with Crippen molar-refractivity contribution in [3.05, 3.63) is 0 Å². The Morgan fingerprint density at radius 3 is 2.00 bits per heavy atom. The minimum absolute atomic E-state index is 0.193. The minimum atomic E-state index is -0.193. The molecule has 3 nitrogen and oxygen atoms in total. The van der Waals surface area contributed by atoms with E-state index in [1.807, 2.05) is 21.0 Å². The highest BCUT2D eigenvalue weighted by Gasteiger charge is 1.88. The molecule has 0 saturated carbocycles. The number of unbranched alkanes of at least 4 members (excludes halogenated alkanes) is 1. The maximum atomic E-state index is 9.98. The largest absolute Gasteiger partial charge is 0.370 e. The maximum Gasteiger partial charge on any atom is 0.217 e. The van der Waals surface area contributed by atoms with Gasteiger partial charge in [-0.05, 0) is 20.5 Å². The Morgan fingerprint density at radius 1 is 1.50 bits per heavy atom. The molecule has 3 heteroatoms. The molecule has 0 aromatic heterocycles. The van der Waals surface area contributed by atoms with Crippen LogP contribution in [-0.4, -0.2) is 20.0 Å². The van der Waals surface area contributed by atoms with E-state index in [1.165, 1.54) is 0 Å². The van der Waals surface area contributed by atoms with Crippen molar-refractivity contribution in [2.75, 3.05) is 14.1 Å². The Bertz CT molecular complexity index is 74.0. The van der Waals surface area contributed by atoms with E-state index >= 15 is 0 Å². The normalized spacial score (nSPS) is 7.90. The van der Waals surface area contributed by atoms with Crippen molar-refractivity contribution in [1.29, 1.82) is 0 Å². The van der Waals surface area contributed by atoms with Gasteiger partial charge in [0.25, 0.3) is 0 Å². The molecule has 3 N–H and O–H groups in total. The van der Waals surface area contributed by atoms with Crippen LogP contribution < -0.4 is 11.1 Å². The van der Waals surface area contributed by atoms with Gasteiger partial charge in [0, 0.05) is 6.42 Å². The Kier molecular flexibility index (Phi) is 13.7. The summed E-state index contributed by atoms with van der Waals surface area (Å²) in [4.78, 5) is 9.98. The average molecular weight is 146 g/mol. The number of hydrogen-bond donors (Lipinski definition) is 2. The molecule has 62 valence electrons. The number of carbonyl (C=O) groups is 1. The van der Waals surface area contributed by atoms with Gasteiger partial charge >= 0.3 is 0 Å². The predicted octanol–water partition coefficient (Wildman–Crippen LogP) is 0.497. The van der Waals surface area contributed by atoms with Crippen LogP contribution in [0.4, 0.5) is 0 Å². The third-order valence-corrected chi connectivity index (χ3v) is 0.777. The molecule has 0 aliphatic rings. The first kappa shape index (κ1) is 12.1. The maximum absolute atomic E-state index is 9.98. The number of amides is 1. The summed E-state index contributed by atoms with van der Waals surface area (Å²) in [7, 11) is 3.75. The number of nitrogens with one attached hydrogen (secondary N) is 1. The molecular weight excluding hydrogens is 128 g/mol. The van der Waals surface area contributed by atoms with E-state index in [1.54, 1.807) is 0 Å². The molecule has 0 unspecified atom stereocenters. The fourth-order valence-corrected chi connectivity index (χ4v) is 0.351. The third-order valence-electron chi connectivity index (χ3n) is 0.777. The number of primary amides is 1. The molecule has 0 radical (unpaired) electrons. The van der Waals surface area contributed by atoms with E-state index in [2.05, 4.69) is 5.32 Å². The summed E-state index contributed by atoms with van der Waals surface area (Å²) in [6.07, 6.45) is 2.51. The highest BCUT2D eigenvalue weighted by molar-refractivity contribution is 5.73. The molecule has 0 aliphatic carbocycles. The summed E-state index contributed by atoms with van der Waals surface area (Å²) in [6, 6.07) is 0. The van der Waals surface area contributed by atoms with Crippen LogP contribution in [0.15, 0.2) is 0 Å². The summed E-state index contributed by atoms with van der Waals surface area (Å²) in [5, 5.41) is 2.75. The zero-order valence-corrected chi connectivity index (χ0v) is 7.11. The van der Waals surface area contributed by atoms with E-state index in [9.17, 15) is 4.79 Å². The summed E-state index contributed by atoms with van der Waals surface area (Å²) in [5.74, 6) is -0.193. The number of hydrogen-bond acceptors (Lipinski definition) is 2. The Balaban J connectivity index is 0. The lowest BCUT2D eigenvalue weighted by Crippen LogP contribution is -2.09. The van der Waals surface area contributed by atoms with Crippen LogP contribution in [0, 0.1) is 0 Å². The van der Waals surface area contributed by atoms with Gasteiger partial charge in [0.1, 0.15) is 0 Å². The molecule has 0 spiro atoms. The monoisotopic (exact) mass is 146 g/mol. The summed E-state index contributed by atoms with van der Waals surface area (Å²) >= 11 is 0. The number of rotatable bonds is 3. The molecule has 0 aromatic carbocycles. The zero-order valence-electron chi connectivity index (χ0n) is 7.11. The van der Waals surface area contributed by atoms with Crippen molar-refractivity contribution in [3.63, 3.8) is 0 Å². The highest BCUT2D eigenvalue weighted by Crippen LogP contribution is 1.89. The third kappa shape index (κ3) is 26.1. The Hall–Kier alpha value is -0.570. The molecular formula is C7H18N2O. The van der Waals surface area contributed by atoms with Crippen molar-refractivity contribution >= 4 is 5.91 Å². The van der Waals surface area contributed by atoms with E-state index < -0.39 is 0 Å². The van der Waals surface area contributed by atoms with Crippen molar-refractivity contribution in [2.45, 2.75) is 26.2 Å². The summed E-state index contributed by atoms with van der Waals surface area (Å²) in [6.45, 7) is 2.03. The van der Waals surface area contributed by atoms with E-state index in [0.717, 1.165) is 12.8 Å². The van der Waals surface area contributed by atoms with Crippen molar-refractivity contribution in [1.82, 2.24) is 5.32 Å². The van der Waals surface area contributed by atoms with Gasteiger partial charge in [0.05, 0.1) is 0 Å². The van der Waals surface area contributed by atoms with Gasteiger partial charge in [-0.3, -0.25) is 4.79 Å². The van der Waals surface area contributed by atoms with Gasteiger partial charge in [-0.25, -0.2) is 0 Å². The van der Waals surface area contributed by atoms with Crippen LogP contribution in [0.1, 0.15) is 26.2 Å². The first-order valence-electron chi connectivity index (χ1n) is 3.55. The Labute approximate surface area is 63.0 Å². The van der Waals surface area contributed by atoms with Gasteiger partial charge < -0.3 is 11.1 Å². The van der Waals surface area contributed by atoms with Crippen LogP contribution >= 0.6 is 0 Å². The standard InChI is InChI=1S/C5H11NO.C2H7N/c1-2-3-4-5(6)7;1-3-2/h2-4H2,1H3,(H2,6,7);3H,1-2H3. The van der Waals surface area contributed by atoms with Crippen molar-refractivity contribution in [2.24, 2.45) is 5.73 Å². The number of nitrogens with two attached hydrogens (primary N) is 1. The zero-order chi connectivity index (χ0) is 8.41. The highest BCUT2D eigenvalue weighted by atomic mass is 16.1. The molecule has 0 atom stereocenters. The minimum Gasteiger partial charge on any atom is -0.370 e. The summed E-state index contributed by atoms with van der Waals surface area (Å²) < 4.78 is 0. The fourth-order valence-electron chi connectivity index (χ4n) is 0.351. The van der Waals surface area contributed by atoms with E-state index in [-0.39, 0.29) is 5.91 Å². The second-order valence-electron chi connectivity index (χ2n) is 2.07. The lowest BCUT2D eigenvalue weighted by atomic mass is 10.2. The molecule has 0 bridgehead atoms. The first-order chi connectivity index (χ1) is 4.68. The molecule has 0 saturated heterocycles. The smallest absolute Gasteiger partial charge is 0.217 e. The lowest BCUT2D eigenvalue weighted by molar-refractivity contribution is -0.118. The molecule has 0 aliphatic heterocycles. The second kappa shape index (κ2) is 11.3. The topological polar surface area (TPSA) is 55.1 Å². The molecule has 1 amide bonds. The summed E-state index contributed by atoms with van der Waals surface area (Å²) in [5.41, 5.74) is 4.84. The lowest BCUT2D eigenvalue weighted by Gasteiger charge is -1.86. The van der Waals surface area contributed by atoms with Crippen molar-refractivity contribution < 1.29 is 4.79 Å². The van der Waals surface area contributed by atoms with Crippen LogP contribution in [0.5, 0.6) is 0 Å². The first-order valence-corrected chi connectivity index (χ1v) is 3.55. The molecule has 10 heavy (non-hydrogen) atoms. The fraction of sp³-hybridized carbons (Fsp3) is 0.857. The molecule has 0 aromatic rings. The van der Waals surface area contributed by atoms with Gasteiger partial charge in [-0.1, -0.05) is 13.3 Å². The quantitative estimate of drug-likeness (QED) is 0.609. The van der Waals surface area contributed by atoms with Crippen LogP contribution in [-0.2, 0) is 4.79 Å². The van der Waals surface area contributed by atoms with Crippen LogP contribution in [0.25, 0.3) is 0 Å². The molecule has 0 fully saturated rings. The van der Waals surface area contributed by atoms with Crippen LogP contribution in [0.3, 0.4) is 0 Å².